The lowest BCUT2D eigenvalue weighted by molar-refractivity contribution is 0.737. The van der Waals surface area contributed by atoms with Gasteiger partial charge in [0, 0.05) is 30.7 Å². The van der Waals surface area contributed by atoms with Crippen LogP contribution < -0.4 is 0 Å². The van der Waals surface area contributed by atoms with E-state index in [1.54, 1.807) is 0 Å². The van der Waals surface area contributed by atoms with Crippen molar-refractivity contribution in [3.05, 3.63) is 78.6 Å². The second-order valence-corrected chi connectivity index (χ2v) is 6.48. The summed E-state index contributed by atoms with van der Waals surface area (Å²) >= 11 is 0. The van der Waals surface area contributed by atoms with Crippen molar-refractivity contribution in [2.45, 2.75) is 33.4 Å². The number of aryl methyl sites for hydroxylation is 2. The van der Waals surface area contributed by atoms with Crippen molar-refractivity contribution >= 4 is 0 Å². The highest BCUT2D eigenvalue weighted by Crippen LogP contribution is 2.30. The lowest BCUT2D eigenvalue weighted by Crippen LogP contribution is -2.06. The van der Waals surface area contributed by atoms with Crippen molar-refractivity contribution in [3.63, 3.8) is 0 Å². The van der Waals surface area contributed by atoms with Crippen LogP contribution in [0.3, 0.4) is 0 Å². The van der Waals surface area contributed by atoms with Crippen LogP contribution in [0.1, 0.15) is 25.1 Å². The van der Waals surface area contributed by atoms with Gasteiger partial charge in [-0.05, 0) is 25.0 Å². The molecule has 3 aromatic heterocycles. The first-order chi connectivity index (χ1) is 13.3. The fraction of sp³-hybridized carbons (Fsp3) is 0.227. The Morgan fingerprint density at radius 3 is 2.44 bits per heavy atom. The van der Waals surface area contributed by atoms with Gasteiger partial charge in [0.25, 0.3) is 0 Å². The van der Waals surface area contributed by atoms with Crippen LogP contribution in [0.2, 0.25) is 0 Å². The highest BCUT2D eigenvalue weighted by Gasteiger charge is 2.19. The van der Waals surface area contributed by atoms with Crippen LogP contribution in [0.5, 0.6) is 0 Å². The average Bonchev–Trinajstić information content (AvgIpc) is 3.35. The van der Waals surface area contributed by atoms with E-state index in [1.165, 1.54) is 5.56 Å². The van der Waals surface area contributed by atoms with Gasteiger partial charge in [0.15, 0.2) is 5.82 Å². The van der Waals surface area contributed by atoms with E-state index in [0.29, 0.717) is 6.54 Å². The number of aromatic nitrogens is 5. The normalized spacial score (nSPS) is 11.0. The summed E-state index contributed by atoms with van der Waals surface area (Å²) in [4.78, 5) is 14.0. The highest BCUT2D eigenvalue weighted by molar-refractivity contribution is 5.75. The van der Waals surface area contributed by atoms with Crippen LogP contribution in [-0.4, -0.2) is 24.1 Å². The van der Waals surface area contributed by atoms with E-state index in [2.05, 4.69) is 57.2 Å². The molecule has 0 saturated carbocycles. The Balaban J connectivity index is 1.80. The Bertz CT molecular complexity index is 1010. The lowest BCUT2D eigenvalue weighted by Gasteiger charge is -2.11. The first kappa shape index (κ1) is 17.2. The van der Waals surface area contributed by atoms with Crippen molar-refractivity contribution in [1.82, 2.24) is 24.1 Å². The highest BCUT2D eigenvalue weighted by atomic mass is 15.1. The Kier molecular flexibility index (Phi) is 4.83. The predicted molar refractivity (Wildman–Crippen MR) is 107 cm³/mol. The van der Waals surface area contributed by atoms with Crippen LogP contribution in [0.4, 0.5) is 0 Å². The van der Waals surface area contributed by atoms with E-state index in [9.17, 15) is 0 Å². The number of imidazole rings is 2. The Hall–Kier alpha value is -3.21. The molecule has 0 bridgehead atoms. The van der Waals surface area contributed by atoms with Gasteiger partial charge < -0.3 is 9.13 Å². The summed E-state index contributed by atoms with van der Waals surface area (Å²) < 4.78 is 4.29. The van der Waals surface area contributed by atoms with E-state index in [0.717, 1.165) is 41.4 Å². The zero-order valence-corrected chi connectivity index (χ0v) is 15.7. The van der Waals surface area contributed by atoms with Crippen molar-refractivity contribution in [2.24, 2.45) is 0 Å². The molecule has 0 fully saturated rings. The molecule has 5 nitrogen and oxygen atoms in total. The third-order valence-corrected chi connectivity index (χ3v) is 4.78. The SMILES string of the molecule is CCc1ccc(Cn2cnc(-c3ccccc3)c2-c2nccn2CC)nc1. The molecule has 27 heavy (non-hydrogen) atoms. The largest absolute Gasteiger partial charge is 0.330 e. The molecule has 0 atom stereocenters. The van der Waals surface area contributed by atoms with Crippen LogP contribution in [0.15, 0.2) is 67.4 Å². The van der Waals surface area contributed by atoms with Gasteiger partial charge >= 0.3 is 0 Å². The maximum atomic E-state index is 4.73. The molecule has 136 valence electrons. The molecule has 0 radical (unpaired) electrons. The molecule has 0 N–H and O–H groups in total. The number of pyridine rings is 1. The second-order valence-electron chi connectivity index (χ2n) is 6.48. The Morgan fingerprint density at radius 2 is 1.74 bits per heavy atom. The second kappa shape index (κ2) is 7.58. The predicted octanol–water partition coefficient (Wildman–Crippen LogP) is 4.44. The number of hydrogen-bond acceptors (Lipinski definition) is 3. The van der Waals surface area contributed by atoms with Gasteiger partial charge in [-0.15, -0.1) is 0 Å². The summed E-state index contributed by atoms with van der Waals surface area (Å²) in [6, 6.07) is 14.5. The zero-order valence-electron chi connectivity index (χ0n) is 15.7. The molecule has 0 aliphatic carbocycles. The van der Waals surface area contributed by atoms with Gasteiger partial charge in [-0.1, -0.05) is 43.3 Å². The number of nitrogens with zero attached hydrogens (tertiary/aromatic N) is 5. The third-order valence-electron chi connectivity index (χ3n) is 4.78. The fourth-order valence-corrected chi connectivity index (χ4v) is 3.26. The lowest BCUT2D eigenvalue weighted by atomic mass is 10.1. The summed E-state index contributed by atoms with van der Waals surface area (Å²) in [5, 5.41) is 0. The molecular weight excluding hydrogens is 334 g/mol. The van der Waals surface area contributed by atoms with Gasteiger partial charge in [0.1, 0.15) is 5.69 Å². The van der Waals surface area contributed by atoms with Crippen molar-refractivity contribution in [2.75, 3.05) is 0 Å². The third kappa shape index (κ3) is 3.40. The first-order valence-electron chi connectivity index (χ1n) is 9.36. The van der Waals surface area contributed by atoms with Gasteiger partial charge in [0.05, 0.1) is 24.3 Å². The molecule has 0 saturated heterocycles. The van der Waals surface area contributed by atoms with Crippen LogP contribution in [0.25, 0.3) is 22.8 Å². The smallest absolute Gasteiger partial charge is 0.158 e. The van der Waals surface area contributed by atoms with E-state index in [1.807, 2.05) is 43.1 Å². The van der Waals surface area contributed by atoms with E-state index in [-0.39, 0.29) is 0 Å². The van der Waals surface area contributed by atoms with E-state index < -0.39 is 0 Å². The standard InChI is InChI=1S/C22H23N5/c1-3-17-10-11-19(24-14-17)15-27-16-25-20(18-8-6-5-7-9-18)21(27)22-23-12-13-26(22)4-2/h5-14,16H,3-4,15H2,1-2H3. The summed E-state index contributed by atoms with van der Waals surface area (Å²) in [7, 11) is 0. The summed E-state index contributed by atoms with van der Waals surface area (Å²) in [6.07, 6.45) is 8.70. The van der Waals surface area contributed by atoms with Crippen molar-refractivity contribution in [1.29, 1.82) is 0 Å². The minimum atomic E-state index is 0.662. The summed E-state index contributed by atoms with van der Waals surface area (Å²) in [6.45, 7) is 5.79. The topological polar surface area (TPSA) is 48.5 Å². The summed E-state index contributed by atoms with van der Waals surface area (Å²) in [5.41, 5.74) is 5.32. The number of benzene rings is 1. The minimum absolute atomic E-state index is 0.662. The molecule has 3 heterocycles. The first-order valence-corrected chi connectivity index (χ1v) is 9.36. The van der Waals surface area contributed by atoms with Gasteiger partial charge in [-0.3, -0.25) is 4.98 Å². The van der Waals surface area contributed by atoms with Gasteiger partial charge in [0.2, 0.25) is 0 Å². The molecule has 0 amide bonds. The molecule has 0 aliphatic rings. The minimum Gasteiger partial charge on any atom is -0.330 e. The summed E-state index contributed by atoms with van der Waals surface area (Å²) in [5.74, 6) is 0.930. The Labute approximate surface area is 159 Å². The molecule has 5 heteroatoms. The maximum absolute atomic E-state index is 4.73. The quantitative estimate of drug-likeness (QED) is 0.512. The molecular formula is C22H23N5. The average molecular weight is 357 g/mol. The molecule has 0 unspecified atom stereocenters. The molecule has 4 rings (SSSR count). The number of hydrogen-bond donors (Lipinski definition) is 0. The van der Waals surface area contributed by atoms with Gasteiger partial charge in [-0.25, -0.2) is 9.97 Å². The van der Waals surface area contributed by atoms with E-state index in [4.69, 9.17) is 4.98 Å². The number of rotatable bonds is 6. The van der Waals surface area contributed by atoms with Gasteiger partial charge in [-0.2, -0.15) is 0 Å². The molecule has 0 spiro atoms. The van der Waals surface area contributed by atoms with Crippen molar-refractivity contribution in [3.8, 4) is 22.8 Å². The molecule has 0 aliphatic heterocycles. The zero-order chi connectivity index (χ0) is 18.6. The maximum Gasteiger partial charge on any atom is 0.158 e. The van der Waals surface area contributed by atoms with Crippen LogP contribution in [0, 0.1) is 0 Å². The monoisotopic (exact) mass is 357 g/mol. The van der Waals surface area contributed by atoms with E-state index >= 15 is 0 Å². The Morgan fingerprint density at radius 1 is 0.889 bits per heavy atom. The van der Waals surface area contributed by atoms with Crippen molar-refractivity contribution < 1.29 is 0 Å². The molecule has 4 aromatic rings. The van der Waals surface area contributed by atoms with Crippen LogP contribution >= 0.6 is 0 Å². The molecule has 1 aromatic carbocycles. The fourth-order valence-electron chi connectivity index (χ4n) is 3.26. The van der Waals surface area contributed by atoms with Crippen LogP contribution in [-0.2, 0) is 19.5 Å².